The van der Waals surface area contributed by atoms with Crippen molar-refractivity contribution in [2.45, 2.75) is 181 Å². The third kappa shape index (κ3) is 18.2. The Bertz CT molecular complexity index is 1230. The second-order valence-corrected chi connectivity index (χ2v) is 19.4. The minimum Gasteiger partial charge on any atom is -1.00 e. The Morgan fingerprint density at radius 2 is 0.831 bits per heavy atom. The van der Waals surface area contributed by atoms with Crippen LogP contribution in [0.2, 0.25) is 0 Å². The van der Waals surface area contributed by atoms with Crippen LogP contribution in [0.1, 0.15) is 173 Å². The van der Waals surface area contributed by atoms with E-state index in [4.69, 9.17) is 15.8 Å². The number of azide groups is 1. The summed E-state index contributed by atoms with van der Waals surface area (Å²) in [5, 5.41) is 13.7. The second-order valence-electron chi connectivity index (χ2n) is 19.4. The van der Waals surface area contributed by atoms with Gasteiger partial charge in [-0.3, -0.25) is 0 Å². The van der Waals surface area contributed by atoms with E-state index in [1.165, 1.54) is 249 Å². The van der Waals surface area contributed by atoms with Crippen molar-refractivity contribution in [1.29, 1.82) is 0 Å². The fourth-order valence-electron chi connectivity index (χ4n) is 11.0. The standard InChI is InChI=1S/C45H88N10.4ClH/c1-3-5-7-9-11-13-15-17-19-24-28-52-30-36-54(37-31-52,38-32-52)42-44-45(51(50-48-44)27-23-21-22-26-47-49-46)43-55-39-33-53(34-40-55,35-41-55)29-25-20-18-16-14-12-10-8-6-4-2;;;;/h3-43H2,1-2H3;4*1H/q+4;;;;/p-4. The molecule has 7 rings (SSSR count). The predicted molar refractivity (Wildman–Crippen MR) is 228 cm³/mol. The summed E-state index contributed by atoms with van der Waals surface area (Å²) in [6.45, 7) is 27.4. The molecule has 0 saturated carbocycles. The van der Waals surface area contributed by atoms with Crippen molar-refractivity contribution in [3.05, 3.63) is 21.8 Å². The third-order valence-corrected chi connectivity index (χ3v) is 15.3. The zero-order valence-electron chi connectivity index (χ0n) is 38.0. The molecule has 1 aromatic heterocycles. The summed E-state index contributed by atoms with van der Waals surface area (Å²) >= 11 is 0. The maximum atomic E-state index is 8.70. The van der Waals surface area contributed by atoms with E-state index in [0.29, 0.717) is 6.54 Å². The summed E-state index contributed by atoms with van der Waals surface area (Å²) in [5.41, 5.74) is 11.5. The molecule has 6 saturated heterocycles. The molecule has 14 heteroatoms. The molecule has 0 spiro atoms. The topological polar surface area (TPSA) is 79.5 Å². The molecule has 6 aliphatic rings. The second kappa shape index (κ2) is 30.5. The molecule has 0 unspecified atom stereocenters. The molecular formula is C45H88Cl4N10. The first kappa shape index (κ1) is 56.5. The number of nitrogens with zero attached hydrogens (tertiary/aromatic N) is 10. The van der Waals surface area contributed by atoms with Crippen LogP contribution in [-0.2, 0) is 19.6 Å². The Labute approximate surface area is 387 Å². The van der Waals surface area contributed by atoms with Gasteiger partial charge >= 0.3 is 0 Å². The van der Waals surface area contributed by atoms with E-state index in [9.17, 15) is 0 Å². The zero-order valence-corrected chi connectivity index (χ0v) is 41.0. The number of rotatable bonds is 32. The molecule has 0 amide bonds. The van der Waals surface area contributed by atoms with Crippen molar-refractivity contribution < 1.29 is 67.6 Å². The summed E-state index contributed by atoms with van der Waals surface area (Å²) in [5.74, 6) is 0. The number of halogens is 4. The Hall–Kier alpha value is -0.550. The van der Waals surface area contributed by atoms with Gasteiger partial charge in [0.05, 0.1) is 13.1 Å². The number of piperazine rings is 6. The van der Waals surface area contributed by atoms with E-state index >= 15 is 0 Å². The van der Waals surface area contributed by atoms with Gasteiger partial charge in [0.1, 0.15) is 103 Å². The summed E-state index contributed by atoms with van der Waals surface area (Å²) in [4.78, 5) is 2.95. The van der Waals surface area contributed by atoms with E-state index in [2.05, 4.69) is 28.6 Å². The molecule has 6 fully saturated rings. The largest absolute Gasteiger partial charge is 1.00 e. The number of aromatic nitrogens is 3. The Balaban J connectivity index is 0.00000435. The van der Waals surface area contributed by atoms with E-state index in [1.54, 1.807) is 0 Å². The first-order valence-electron chi connectivity index (χ1n) is 24.3. The molecule has 0 N–H and O–H groups in total. The van der Waals surface area contributed by atoms with Crippen LogP contribution in [0.25, 0.3) is 10.4 Å². The van der Waals surface area contributed by atoms with Crippen molar-refractivity contribution in [2.24, 2.45) is 5.11 Å². The Morgan fingerprint density at radius 1 is 0.475 bits per heavy atom. The first-order valence-corrected chi connectivity index (χ1v) is 24.3. The maximum Gasteiger partial charge on any atom is 0.146 e. The number of hydrogen-bond acceptors (Lipinski definition) is 3. The quantitative estimate of drug-likeness (QED) is 0.0275. The lowest BCUT2D eigenvalue weighted by Gasteiger charge is -2.56. The lowest BCUT2D eigenvalue weighted by Crippen LogP contribution is -3.00. The van der Waals surface area contributed by atoms with Crippen LogP contribution in [0.4, 0.5) is 0 Å². The highest BCUT2D eigenvalue weighted by atomic mass is 35.5. The van der Waals surface area contributed by atoms with Crippen molar-refractivity contribution in [1.82, 2.24) is 15.0 Å². The van der Waals surface area contributed by atoms with E-state index in [0.717, 1.165) is 38.9 Å². The van der Waals surface area contributed by atoms with Crippen molar-refractivity contribution >= 4 is 0 Å². The summed E-state index contributed by atoms with van der Waals surface area (Å²) in [7, 11) is 0. The summed E-state index contributed by atoms with van der Waals surface area (Å²) in [6, 6.07) is 0. The fourth-order valence-corrected chi connectivity index (χ4v) is 11.0. The molecule has 1 aromatic rings. The van der Waals surface area contributed by atoms with Crippen molar-refractivity contribution in [3.8, 4) is 0 Å². The number of hydrogen-bond donors (Lipinski definition) is 0. The molecule has 0 radical (unpaired) electrons. The van der Waals surface area contributed by atoms with Gasteiger partial charge in [-0.05, 0) is 44.1 Å². The van der Waals surface area contributed by atoms with E-state index < -0.39 is 0 Å². The number of unbranched alkanes of at least 4 members (excludes halogenated alkanes) is 20. The molecule has 0 aromatic carbocycles. The molecule has 4 bridgehead atoms. The highest BCUT2D eigenvalue weighted by Crippen LogP contribution is 2.33. The van der Waals surface area contributed by atoms with Crippen LogP contribution < -0.4 is 49.6 Å². The third-order valence-electron chi connectivity index (χ3n) is 15.3. The number of aryl methyl sites for hydroxylation is 1. The lowest BCUT2D eigenvalue weighted by atomic mass is 10.0. The molecular weight excluding hydrogens is 822 g/mol. The van der Waals surface area contributed by atoms with Gasteiger partial charge in [0.15, 0.2) is 0 Å². The highest BCUT2D eigenvalue weighted by molar-refractivity contribution is 5.09. The Morgan fingerprint density at radius 3 is 1.24 bits per heavy atom. The average Bonchev–Trinajstić information content (AvgIpc) is 3.58. The monoisotopic (exact) mass is 909 g/mol. The van der Waals surface area contributed by atoms with Gasteiger partial charge in [-0.1, -0.05) is 133 Å². The normalized spacial score (nSPS) is 25.3. The van der Waals surface area contributed by atoms with Crippen LogP contribution in [0, 0.1) is 0 Å². The van der Waals surface area contributed by atoms with Crippen molar-refractivity contribution in [3.63, 3.8) is 0 Å². The van der Waals surface area contributed by atoms with Gasteiger partial charge in [-0.2, -0.15) is 0 Å². The number of quaternary nitrogens is 4. The van der Waals surface area contributed by atoms with Gasteiger partial charge in [0, 0.05) is 18.0 Å². The van der Waals surface area contributed by atoms with Crippen LogP contribution in [0.15, 0.2) is 5.11 Å². The first-order chi connectivity index (χ1) is 27.0. The van der Waals surface area contributed by atoms with E-state index in [1.807, 2.05) is 0 Å². The summed E-state index contributed by atoms with van der Waals surface area (Å²) in [6.07, 6.45) is 31.7. The summed E-state index contributed by atoms with van der Waals surface area (Å²) < 4.78 is 7.61. The fraction of sp³-hybridized carbons (Fsp3) is 0.956. The minimum atomic E-state index is 0. The van der Waals surface area contributed by atoms with Gasteiger partial charge in [0.25, 0.3) is 0 Å². The minimum absolute atomic E-state index is 0. The van der Waals surface area contributed by atoms with Crippen LogP contribution >= 0.6 is 0 Å². The lowest BCUT2D eigenvalue weighted by molar-refractivity contribution is -1.09. The van der Waals surface area contributed by atoms with Gasteiger partial charge in [-0.25, -0.2) is 4.68 Å². The van der Waals surface area contributed by atoms with E-state index in [-0.39, 0.29) is 49.6 Å². The molecule has 7 heterocycles. The maximum absolute atomic E-state index is 8.70. The molecule has 6 aliphatic heterocycles. The number of fused-ring (bicyclic) bond motifs is 6. The molecule has 10 nitrogen and oxygen atoms in total. The highest BCUT2D eigenvalue weighted by Gasteiger charge is 2.51. The Kier molecular flexibility index (Phi) is 29.2. The van der Waals surface area contributed by atoms with Crippen LogP contribution in [0.3, 0.4) is 0 Å². The van der Waals surface area contributed by atoms with Crippen LogP contribution in [0.5, 0.6) is 0 Å². The molecule has 0 atom stereocenters. The SMILES string of the molecule is CCCCCCCCCCCC[N+]12CC[N+](Cc3nnn(CCCCCN=[N+]=[N-])c3C[N+]34CC[N+](CCCCCCCCCCCC)(CC3)CC4)(CC1)CC2.[Cl-].[Cl-].[Cl-].[Cl-]. The molecule has 0 aliphatic carbocycles. The van der Waals surface area contributed by atoms with Gasteiger partial charge < -0.3 is 67.6 Å². The van der Waals surface area contributed by atoms with Crippen molar-refractivity contribution in [2.75, 3.05) is 98.2 Å². The van der Waals surface area contributed by atoms with Gasteiger partial charge in [-0.15, -0.1) is 5.10 Å². The molecule has 346 valence electrons. The average molecular weight is 911 g/mol. The van der Waals surface area contributed by atoms with Crippen LogP contribution in [-0.4, -0.2) is 131 Å². The predicted octanol–water partition coefficient (Wildman–Crippen LogP) is -2.06. The molecule has 59 heavy (non-hydrogen) atoms. The zero-order chi connectivity index (χ0) is 38.6. The smallest absolute Gasteiger partial charge is 0.146 e. The van der Waals surface area contributed by atoms with Gasteiger partial charge in [0.2, 0.25) is 0 Å².